The highest BCUT2D eigenvalue weighted by atomic mass is 16.7. The summed E-state index contributed by atoms with van der Waals surface area (Å²) in [6.45, 7) is 3.70. The van der Waals surface area contributed by atoms with Crippen molar-refractivity contribution in [3.05, 3.63) is 35.4 Å². The lowest BCUT2D eigenvalue weighted by Gasteiger charge is -2.38. The van der Waals surface area contributed by atoms with E-state index in [4.69, 9.17) is 14.2 Å². The van der Waals surface area contributed by atoms with Crippen LogP contribution in [0.15, 0.2) is 24.3 Å². The van der Waals surface area contributed by atoms with Crippen LogP contribution in [0.3, 0.4) is 0 Å². The number of rotatable bonds is 4. The summed E-state index contributed by atoms with van der Waals surface area (Å²) in [5.74, 6) is -0.0894. The van der Waals surface area contributed by atoms with Crippen LogP contribution in [0.1, 0.15) is 24.0 Å². The second-order valence-corrected chi connectivity index (χ2v) is 7.78. The summed E-state index contributed by atoms with van der Waals surface area (Å²) in [5, 5.41) is 0. The molecule has 1 aromatic rings. The van der Waals surface area contributed by atoms with Gasteiger partial charge in [-0.3, -0.25) is 9.69 Å². The Morgan fingerprint density at radius 1 is 1.18 bits per heavy atom. The molecule has 1 aromatic carbocycles. The first-order chi connectivity index (χ1) is 13.7. The van der Waals surface area contributed by atoms with Gasteiger partial charge >= 0.3 is 5.97 Å². The number of fused-ring (bicyclic) bond motifs is 1. The quantitative estimate of drug-likeness (QED) is 0.722. The fourth-order valence-electron chi connectivity index (χ4n) is 4.52. The van der Waals surface area contributed by atoms with Crippen molar-refractivity contribution in [2.24, 2.45) is 5.92 Å². The number of hydrogen-bond donors (Lipinski definition) is 0. The summed E-state index contributed by atoms with van der Waals surface area (Å²) in [5.41, 5.74) is 2.20. The van der Waals surface area contributed by atoms with E-state index >= 15 is 0 Å². The molecule has 0 bridgehead atoms. The number of amides is 1. The van der Waals surface area contributed by atoms with E-state index in [-0.39, 0.29) is 18.2 Å². The molecule has 3 aliphatic rings. The molecule has 2 atom stereocenters. The predicted octanol–water partition coefficient (Wildman–Crippen LogP) is 1.20. The van der Waals surface area contributed by atoms with E-state index in [9.17, 15) is 9.59 Å². The topological polar surface area (TPSA) is 68.3 Å². The second-order valence-electron chi connectivity index (χ2n) is 7.78. The third kappa shape index (κ3) is 4.06. The van der Waals surface area contributed by atoms with Crippen LogP contribution in [0.4, 0.5) is 0 Å². The zero-order valence-corrected chi connectivity index (χ0v) is 16.3. The Morgan fingerprint density at radius 3 is 2.68 bits per heavy atom. The number of hydrogen-bond acceptors (Lipinski definition) is 6. The largest absolute Gasteiger partial charge is 0.467 e. The molecule has 7 heteroatoms. The first-order valence-corrected chi connectivity index (χ1v) is 10.1. The number of esters is 1. The molecule has 0 aromatic heterocycles. The Balaban J connectivity index is 1.44. The molecule has 2 saturated heterocycles. The van der Waals surface area contributed by atoms with Crippen LogP contribution < -0.4 is 0 Å². The Kier molecular flexibility index (Phi) is 5.94. The maximum absolute atomic E-state index is 13.1. The molecule has 28 heavy (non-hydrogen) atoms. The van der Waals surface area contributed by atoms with Crippen LogP contribution in [0, 0.1) is 5.92 Å². The second kappa shape index (κ2) is 8.59. The average Bonchev–Trinajstić information content (AvgIpc) is 3.27. The molecule has 2 fully saturated rings. The predicted molar refractivity (Wildman–Crippen MR) is 101 cm³/mol. The van der Waals surface area contributed by atoms with Crippen LogP contribution in [-0.2, 0) is 36.8 Å². The van der Waals surface area contributed by atoms with Gasteiger partial charge in [-0.2, -0.15) is 0 Å². The van der Waals surface area contributed by atoms with Crippen molar-refractivity contribution in [1.29, 1.82) is 0 Å². The number of nitrogens with zero attached hydrogens (tertiary/aromatic N) is 2. The number of ether oxygens (including phenoxy) is 3. The number of methoxy groups -OCH3 is 1. The van der Waals surface area contributed by atoms with Crippen LogP contribution in [0.25, 0.3) is 0 Å². The first kappa shape index (κ1) is 19.4. The summed E-state index contributed by atoms with van der Waals surface area (Å²) >= 11 is 0. The Hall–Kier alpha value is -1.96. The number of piperidine rings is 1. The third-order valence-electron chi connectivity index (χ3n) is 5.98. The van der Waals surface area contributed by atoms with Gasteiger partial charge in [0.1, 0.15) is 6.04 Å². The highest BCUT2D eigenvalue weighted by Crippen LogP contribution is 2.27. The normalized spacial score (nSPS) is 26.1. The molecule has 4 rings (SSSR count). The fraction of sp³-hybridized carbons (Fsp3) is 0.619. The number of likely N-dealkylation sites (tertiary alicyclic amines) is 1. The van der Waals surface area contributed by atoms with Crippen molar-refractivity contribution >= 4 is 11.9 Å². The Morgan fingerprint density at radius 2 is 1.93 bits per heavy atom. The van der Waals surface area contributed by atoms with E-state index in [2.05, 4.69) is 4.90 Å². The van der Waals surface area contributed by atoms with E-state index in [0.29, 0.717) is 38.6 Å². The minimum absolute atomic E-state index is 0.0289. The summed E-state index contributed by atoms with van der Waals surface area (Å²) in [6.07, 6.45) is 2.42. The van der Waals surface area contributed by atoms with E-state index < -0.39 is 6.04 Å². The van der Waals surface area contributed by atoms with Crippen molar-refractivity contribution in [2.45, 2.75) is 38.1 Å². The van der Waals surface area contributed by atoms with Crippen molar-refractivity contribution < 1.29 is 23.8 Å². The molecule has 1 amide bonds. The van der Waals surface area contributed by atoms with Gasteiger partial charge in [-0.25, -0.2) is 4.79 Å². The van der Waals surface area contributed by atoms with E-state index in [0.717, 1.165) is 37.1 Å². The van der Waals surface area contributed by atoms with Gasteiger partial charge < -0.3 is 19.1 Å². The monoisotopic (exact) mass is 388 g/mol. The molecule has 7 nitrogen and oxygen atoms in total. The zero-order valence-electron chi connectivity index (χ0n) is 16.3. The average molecular weight is 388 g/mol. The molecule has 0 radical (unpaired) electrons. The minimum Gasteiger partial charge on any atom is -0.467 e. The van der Waals surface area contributed by atoms with Gasteiger partial charge in [0.25, 0.3) is 0 Å². The highest BCUT2D eigenvalue weighted by molar-refractivity contribution is 5.86. The molecule has 3 heterocycles. The maximum Gasteiger partial charge on any atom is 0.328 e. The van der Waals surface area contributed by atoms with Gasteiger partial charge in [0.05, 0.1) is 26.9 Å². The minimum atomic E-state index is -0.561. The van der Waals surface area contributed by atoms with Gasteiger partial charge in [0, 0.05) is 25.4 Å². The smallest absolute Gasteiger partial charge is 0.328 e. The fourth-order valence-corrected chi connectivity index (χ4v) is 4.52. The summed E-state index contributed by atoms with van der Waals surface area (Å²) in [4.78, 5) is 29.3. The van der Waals surface area contributed by atoms with Crippen LogP contribution >= 0.6 is 0 Å². The van der Waals surface area contributed by atoms with Gasteiger partial charge in [-0.1, -0.05) is 24.3 Å². The zero-order chi connectivity index (χ0) is 19.5. The number of benzene rings is 1. The van der Waals surface area contributed by atoms with Gasteiger partial charge in [0.15, 0.2) is 6.29 Å². The lowest BCUT2D eigenvalue weighted by Crippen LogP contribution is -2.53. The molecular weight excluding hydrogens is 360 g/mol. The maximum atomic E-state index is 13.1. The molecule has 0 spiro atoms. The van der Waals surface area contributed by atoms with E-state index in [1.807, 2.05) is 24.3 Å². The van der Waals surface area contributed by atoms with Crippen molar-refractivity contribution in [1.82, 2.24) is 9.80 Å². The lowest BCUT2D eigenvalue weighted by molar-refractivity contribution is -0.155. The molecule has 0 N–H and O–H groups in total. The van der Waals surface area contributed by atoms with Crippen molar-refractivity contribution in [3.8, 4) is 0 Å². The van der Waals surface area contributed by atoms with Crippen molar-refractivity contribution in [2.75, 3.05) is 40.0 Å². The standard InChI is InChI=1S/C21H28N2O5/c1-26-20(25)18-11-15-5-2-3-6-16(15)13-23(18)19(24)14-22-8-4-7-17(12-22)21-27-9-10-28-21/h2-3,5-6,17-18,21H,4,7-14H2,1H3. The van der Waals surface area contributed by atoms with Crippen LogP contribution in [0.2, 0.25) is 0 Å². The van der Waals surface area contributed by atoms with Gasteiger partial charge in [0.2, 0.25) is 5.91 Å². The molecule has 3 aliphatic heterocycles. The number of carbonyl (C=O) groups excluding carboxylic acids is 2. The molecule has 0 saturated carbocycles. The molecule has 152 valence electrons. The summed E-state index contributed by atoms with van der Waals surface area (Å²) in [6, 6.07) is 7.41. The van der Waals surface area contributed by atoms with E-state index in [1.165, 1.54) is 7.11 Å². The number of carbonyl (C=O) groups is 2. The third-order valence-corrected chi connectivity index (χ3v) is 5.98. The SMILES string of the molecule is COC(=O)C1Cc2ccccc2CN1C(=O)CN1CCCC(C2OCCO2)C1. The first-order valence-electron chi connectivity index (χ1n) is 10.1. The van der Waals surface area contributed by atoms with Crippen molar-refractivity contribution in [3.63, 3.8) is 0 Å². The van der Waals surface area contributed by atoms with Gasteiger partial charge in [-0.15, -0.1) is 0 Å². The molecular formula is C21H28N2O5. The summed E-state index contributed by atoms with van der Waals surface area (Å²) < 4.78 is 16.3. The Labute approximate surface area is 165 Å². The molecule has 0 aliphatic carbocycles. The highest BCUT2D eigenvalue weighted by Gasteiger charge is 2.37. The molecule has 2 unspecified atom stereocenters. The van der Waals surface area contributed by atoms with Gasteiger partial charge in [-0.05, 0) is 30.5 Å². The summed E-state index contributed by atoms with van der Waals surface area (Å²) in [7, 11) is 1.38. The van der Waals surface area contributed by atoms with Crippen LogP contribution in [0.5, 0.6) is 0 Å². The lowest BCUT2D eigenvalue weighted by atomic mass is 9.93. The van der Waals surface area contributed by atoms with E-state index in [1.54, 1.807) is 4.90 Å². The Bertz CT molecular complexity index is 719. The van der Waals surface area contributed by atoms with Crippen LogP contribution in [-0.4, -0.2) is 74.0 Å².